The maximum absolute atomic E-state index is 12.7. The molecule has 0 aliphatic carbocycles. The van der Waals surface area contributed by atoms with E-state index in [1.807, 2.05) is 37.3 Å². The Balaban J connectivity index is 1.65. The number of benzene rings is 1. The Morgan fingerprint density at radius 3 is 2.60 bits per heavy atom. The summed E-state index contributed by atoms with van der Waals surface area (Å²) in [5, 5.41) is 8.38. The molecule has 0 amide bonds. The van der Waals surface area contributed by atoms with E-state index in [-0.39, 0.29) is 32.0 Å². The van der Waals surface area contributed by atoms with E-state index in [9.17, 15) is 21.6 Å². The molecule has 1 aliphatic heterocycles. The molecule has 0 spiro atoms. The number of hydrogen-bond donors (Lipinski definition) is 2. The predicted molar refractivity (Wildman–Crippen MR) is 109 cm³/mol. The zero-order valence-electron chi connectivity index (χ0n) is 16.5. The Hall–Kier alpha value is -2.40. The Morgan fingerprint density at radius 1 is 1.23 bits per heavy atom. The minimum Gasteiger partial charge on any atom is -0.357 e. The lowest BCUT2D eigenvalue weighted by atomic mass is 10.1. The van der Waals surface area contributed by atoms with Gasteiger partial charge in [0.05, 0.1) is 12.2 Å². The van der Waals surface area contributed by atoms with Crippen molar-refractivity contribution >= 4 is 26.8 Å². The molecule has 3 rings (SSSR count). The van der Waals surface area contributed by atoms with Gasteiger partial charge in [0.25, 0.3) is 0 Å². The molecule has 1 aromatic carbocycles. The summed E-state index contributed by atoms with van der Waals surface area (Å²) < 4.78 is 61.7. The monoisotopic (exact) mass is 443 g/mol. The van der Waals surface area contributed by atoms with Crippen LogP contribution in [0.4, 0.5) is 13.2 Å². The number of rotatable bonds is 5. The van der Waals surface area contributed by atoms with Crippen LogP contribution in [-0.2, 0) is 16.6 Å². The third-order valence-corrected chi connectivity index (χ3v) is 6.54. The number of halogens is 3. The summed E-state index contributed by atoms with van der Waals surface area (Å²) in [6, 6.07) is 9.61. The van der Waals surface area contributed by atoms with Crippen molar-refractivity contribution < 1.29 is 21.6 Å². The van der Waals surface area contributed by atoms with E-state index in [1.54, 1.807) is 6.20 Å². The molecule has 2 heterocycles. The fourth-order valence-electron chi connectivity index (χ4n) is 3.36. The van der Waals surface area contributed by atoms with Crippen molar-refractivity contribution in [2.24, 2.45) is 4.99 Å². The van der Waals surface area contributed by atoms with Gasteiger partial charge in [0.15, 0.2) is 5.96 Å². The second kappa shape index (κ2) is 9.17. The van der Waals surface area contributed by atoms with Crippen LogP contribution in [0.1, 0.15) is 25.5 Å². The van der Waals surface area contributed by atoms with Crippen molar-refractivity contribution in [3.05, 3.63) is 42.2 Å². The van der Waals surface area contributed by atoms with E-state index < -0.39 is 15.5 Å². The van der Waals surface area contributed by atoms with Gasteiger partial charge in [-0.05, 0) is 31.2 Å². The van der Waals surface area contributed by atoms with Crippen LogP contribution in [0.25, 0.3) is 10.8 Å². The molecule has 2 N–H and O–H groups in total. The number of nitrogens with zero attached hydrogens (tertiary/aromatic N) is 3. The summed E-state index contributed by atoms with van der Waals surface area (Å²) in [5.74, 6) is 0.518. The van der Waals surface area contributed by atoms with Gasteiger partial charge >= 0.3 is 15.5 Å². The van der Waals surface area contributed by atoms with Gasteiger partial charge in [0.1, 0.15) is 0 Å². The number of alkyl halides is 3. The summed E-state index contributed by atoms with van der Waals surface area (Å²) >= 11 is 0. The van der Waals surface area contributed by atoms with Gasteiger partial charge in [-0.3, -0.25) is 4.98 Å². The van der Waals surface area contributed by atoms with Gasteiger partial charge in [0.2, 0.25) is 0 Å². The second-order valence-corrected chi connectivity index (χ2v) is 8.87. The largest absolute Gasteiger partial charge is 0.511 e. The van der Waals surface area contributed by atoms with E-state index in [4.69, 9.17) is 0 Å². The Bertz CT molecular complexity index is 997. The van der Waals surface area contributed by atoms with Crippen LogP contribution >= 0.6 is 0 Å². The molecular formula is C19H24F3N5O2S. The van der Waals surface area contributed by atoms with Gasteiger partial charge in [-0.1, -0.05) is 24.3 Å². The average molecular weight is 443 g/mol. The summed E-state index contributed by atoms with van der Waals surface area (Å²) in [6.07, 6.45) is 2.24. The molecule has 1 aromatic heterocycles. The molecule has 0 bridgehead atoms. The smallest absolute Gasteiger partial charge is 0.357 e. The summed E-state index contributed by atoms with van der Waals surface area (Å²) in [6.45, 7) is 2.47. The summed E-state index contributed by atoms with van der Waals surface area (Å²) in [5.41, 5.74) is -4.45. The van der Waals surface area contributed by atoms with Crippen molar-refractivity contribution in [2.45, 2.75) is 37.9 Å². The van der Waals surface area contributed by atoms with Crippen LogP contribution in [0.3, 0.4) is 0 Å². The number of nitrogens with one attached hydrogen (secondary N) is 2. The molecule has 0 atom stereocenters. The third-order valence-electron chi connectivity index (χ3n) is 4.91. The number of aromatic nitrogens is 1. The lowest BCUT2D eigenvalue weighted by molar-refractivity contribution is -0.0494. The number of sulfonamides is 1. The number of guanidine groups is 1. The Labute approximate surface area is 173 Å². The highest BCUT2D eigenvalue weighted by molar-refractivity contribution is 7.90. The van der Waals surface area contributed by atoms with E-state index >= 15 is 0 Å². The maximum atomic E-state index is 12.7. The normalized spacial score (nSPS) is 17.3. The minimum absolute atomic E-state index is 0.178. The Kier molecular flexibility index (Phi) is 6.81. The van der Waals surface area contributed by atoms with Gasteiger partial charge in [0, 0.05) is 37.3 Å². The molecule has 0 saturated carbocycles. The van der Waals surface area contributed by atoms with Crippen LogP contribution in [0, 0.1) is 0 Å². The zero-order valence-corrected chi connectivity index (χ0v) is 17.3. The SMILES string of the molecule is CCNC(=NCc1nccc2ccccc12)NC1CCN(S(=O)(=O)C(F)(F)F)CC1. The molecule has 0 radical (unpaired) electrons. The first-order valence-corrected chi connectivity index (χ1v) is 11.1. The molecule has 1 saturated heterocycles. The molecule has 11 heteroatoms. The first-order chi connectivity index (χ1) is 14.2. The van der Waals surface area contributed by atoms with Gasteiger partial charge in [-0.25, -0.2) is 13.4 Å². The van der Waals surface area contributed by atoms with E-state index in [0.29, 0.717) is 23.4 Å². The van der Waals surface area contributed by atoms with E-state index in [1.165, 1.54) is 0 Å². The van der Waals surface area contributed by atoms with Gasteiger partial charge in [-0.15, -0.1) is 0 Å². The van der Waals surface area contributed by atoms with E-state index in [0.717, 1.165) is 16.5 Å². The second-order valence-electron chi connectivity index (χ2n) is 6.94. The fraction of sp³-hybridized carbons (Fsp3) is 0.474. The highest BCUT2D eigenvalue weighted by atomic mass is 32.2. The molecule has 7 nitrogen and oxygen atoms in total. The predicted octanol–water partition coefficient (Wildman–Crippen LogP) is 2.60. The molecule has 164 valence electrons. The number of hydrogen-bond acceptors (Lipinski definition) is 4. The molecule has 1 aliphatic rings. The number of aliphatic imine (C=N–C) groups is 1. The fourth-order valence-corrected chi connectivity index (χ4v) is 4.35. The van der Waals surface area contributed by atoms with Crippen molar-refractivity contribution in [3.63, 3.8) is 0 Å². The van der Waals surface area contributed by atoms with Crippen LogP contribution in [0.5, 0.6) is 0 Å². The maximum Gasteiger partial charge on any atom is 0.511 e. The van der Waals surface area contributed by atoms with Gasteiger partial charge in [-0.2, -0.15) is 17.5 Å². The molecule has 1 fully saturated rings. The molecule has 30 heavy (non-hydrogen) atoms. The minimum atomic E-state index is -5.28. The first kappa shape index (κ1) is 22.3. The standard InChI is InChI=1S/C19H24F3N5O2S/c1-2-23-18(25-13-17-16-6-4-3-5-14(16)7-10-24-17)26-15-8-11-27(12-9-15)30(28,29)19(20,21)22/h3-7,10,15H,2,8-9,11-13H2,1H3,(H2,23,25,26). The van der Waals surface area contributed by atoms with Crippen LogP contribution < -0.4 is 10.6 Å². The quantitative estimate of drug-likeness (QED) is 0.548. The number of fused-ring (bicyclic) bond motifs is 1. The van der Waals surface area contributed by atoms with E-state index in [2.05, 4.69) is 20.6 Å². The molecular weight excluding hydrogens is 419 g/mol. The average Bonchev–Trinajstić information content (AvgIpc) is 2.72. The molecule has 0 unspecified atom stereocenters. The zero-order chi connectivity index (χ0) is 21.8. The summed E-state index contributed by atoms with van der Waals surface area (Å²) in [7, 11) is -5.28. The van der Waals surface area contributed by atoms with Crippen LogP contribution in [0.2, 0.25) is 0 Å². The third kappa shape index (κ3) is 5.01. The first-order valence-electron chi connectivity index (χ1n) is 9.66. The lowest BCUT2D eigenvalue weighted by Crippen LogP contribution is -2.51. The topological polar surface area (TPSA) is 86.7 Å². The van der Waals surface area contributed by atoms with Crippen molar-refractivity contribution in [1.29, 1.82) is 0 Å². The number of pyridine rings is 1. The number of piperidine rings is 1. The van der Waals surface area contributed by atoms with Gasteiger partial charge < -0.3 is 10.6 Å². The molecule has 2 aromatic rings. The highest BCUT2D eigenvalue weighted by Crippen LogP contribution is 2.29. The lowest BCUT2D eigenvalue weighted by Gasteiger charge is -2.32. The van der Waals surface area contributed by atoms with Crippen LogP contribution in [-0.4, -0.2) is 54.9 Å². The van der Waals surface area contributed by atoms with Crippen molar-refractivity contribution in [1.82, 2.24) is 19.9 Å². The van der Waals surface area contributed by atoms with Crippen molar-refractivity contribution in [3.8, 4) is 0 Å². The van der Waals surface area contributed by atoms with Crippen LogP contribution in [0.15, 0.2) is 41.5 Å². The van der Waals surface area contributed by atoms with Crippen molar-refractivity contribution in [2.75, 3.05) is 19.6 Å². The Morgan fingerprint density at radius 2 is 1.93 bits per heavy atom. The highest BCUT2D eigenvalue weighted by Gasteiger charge is 2.50. The summed E-state index contributed by atoms with van der Waals surface area (Å²) in [4.78, 5) is 8.96.